The number of hydrogen-bond donors (Lipinski definition) is 2. The average Bonchev–Trinajstić information content (AvgIpc) is 3.03. The Morgan fingerprint density at radius 3 is 2.52 bits per heavy atom. The van der Waals surface area contributed by atoms with Crippen molar-refractivity contribution in [3.63, 3.8) is 0 Å². The van der Waals surface area contributed by atoms with Gasteiger partial charge >= 0.3 is 0 Å². The van der Waals surface area contributed by atoms with E-state index in [1.54, 1.807) is 24.3 Å². The van der Waals surface area contributed by atoms with E-state index in [0.717, 1.165) is 16.1 Å². The smallest absolute Gasteiger partial charge is 0.263 e. The molecule has 0 radical (unpaired) electrons. The van der Waals surface area contributed by atoms with Gasteiger partial charge in [-0.1, -0.05) is 54.1 Å². The number of rotatable bonds is 5. The molecule has 0 bridgehead atoms. The predicted molar refractivity (Wildman–Crippen MR) is 101 cm³/mol. The van der Waals surface area contributed by atoms with Gasteiger partial charge in [0.1, 0.15) is 9.88 Å². The molecule has 2 aromatic carbocycles. The quantitative estimate of drug-likeness (QED) is 0.704. The maximum atomic E-state index is 12.6. The van der Waals surface area contributed by atoms with Gasteiger partial charge in [-0.25, -0.2) is 4.98 Å². The van der Waals surface area contributed by atoms with Gasteiger partial charge in [-0.2, -0.15) is 0 Å². The van der Waals surface area contributed by atoms with Crippen LogP contribution in [0.3, 0.4) is 0 Å². The molecule has 0 saturated heterocycles. The van der Waals surface area contributed by atoms with Gasteiger partial charge in [-0.3, -0.25) is 4.79 Å². The van der Waals surface area contributed by atoms with Crippen LogP contribution < -0.4 is 5.32 Å². The van der Waals surface area contributed by atoms with E-state index in [9.17, 15) is 9.90 Å². The van der Waals surface area contributed by atoms with Gasteiger partial charge in [0.15, 0.2) is 0 Å². The highest BCUT2D eigenvalue weighted by Crippen LogP contribution is 2.28. The van der Waals surface area contributed by atoms with Crippen LogP contribution in [0.4, 0.5) is 0 Å². The molecule has 3 aromatic rings. The number of halogens is 1. The van der Waals surface area contributed by atoms with Crippen LogP contribution in [0.5, 0.6) is 0 Å². The van der Waals surface area contributed by atoms with Crippen molar-refractivity contribution in [2.24, 2.45) is 0 Å². The lowest BCUT2D eigenvalue weighted by Gasteiger charge is -2.16. The first-order chi connectivity index (χ1) is 12.1. The summed E-state index contributed by atoms with van der Waals surface area (Å²) in [5.41, 5.74) is 2.45. The van der Waals surface area contributed by atoms with E-state index in [1.165, 1.54) is 11.3 Å². The van der Waals surface area contributed by atoms with Crippen LogP contribution >= 0.6 is 22.9 Å². The van der Waals surface area contributed by atoms with Gasteiger partial charge in [-0.05, 0) is 24.6 Å². The van der Waals surface area contributed by atoms with Crippen molar-refractivity contribution in [2.45, 2.75) is 13.0 Å². The Balaban J connectivity index is 1.81. The Morgan fingerprint density at radius 1 is 1.20 bits per heavy atom. The van der Waals surface area contributed by atoms with Gasteiger partial charge in [0.2, 0.25) is 0 Å². The summed E-state index contributed by atoms with van der Waals surface area (Å²) >= 11 is 7.23. The number of aromatic nitrogens is 1. The van der Waals surface area contributed by atoms with E-state index in [2.05, 4.69) is 10.3 Å². The second kappa shape index (κ2) is 7.78. The van der Waals surface area contributed by atoms with Crippen LogP contribution in [0.2, 0.25) is 5.02 Å². The van der Waals surface area contributed by atoms with E-state index < -0.39 is 6.04 Å². The molecule has 0 aliphatic rings. The highest BCUT2D eigenvalue weighted by molar-refractivity contribution is 7.17. The van der Waals surface area contributed by atoms with Crippen molar-refractivity contribution in [1.82, 2.24) is 10.3 Å². The number of hydrogen-bond acceptors (Lipinski definition) is 4. The molecule has 1 heterocycles. The number of nitrogens with zero attached hydrogens (tertiary/aromatic N) is 1. The number of thiazole rings is 1. The predicted octanol–water partition coefficient (Wildman–Crippen LogP) is 4.24. The molecular weight excluding hydrogens is 356 g/mol. The second-order valence-corrected chi connectivity index (χ2v) is 7.00. The van der Waals surface area contributed by atoms with Crippen LogP contribution in [-0.2, 0) is 0 Å². The molecule has 25 heavy (non-hydrogen) atoms. The number of aryl methyl sites for hydroxylation is 1. The molecule has 1 amide bonds. The maximum absolute atomic E-state index is 12.6. The number of carbonyl (C=O) groups excluding carboxylic acids is 1. The van der Waals surface area contributed by atoms with Gasteiger partial charge in [0.05, 0.1) is 18.3 Å². The van der Waals surface area contributed by atoms with Crippen LogP contribution in [0.25, 0.3) is 10.6 Å². The SMILES string of the molecule is Cc1nc(-c2ccccc2)sc1C(=O)N[C@H](CO)c1ccc(Cl)cc1. The molecule has 6 heteroatoms. The van der Waals surface area contributed by atoms with Crippen LogP contribution in [0, 0.1) is 6.92 Å². The minimum atomic E-state index is -0.494. The minimum Gasteiger partial charge on any atom is -0.394 e. The molecule has 0 unspecified atom stereocenters. The summed E-state index contributed by atoms with van der Waals surface area (Å²) in [5.74, 6) is -0.244. The van der Waals surface area contributed by atoms with Crippen molar-refractivity contribution in [2.75, 3.05) is 6.61 Å². The van der Waals surface area contributed by atoms with Gasteiger partial charge in [0, 0.05) is 10.6 Å². The van der Waals surface area contributed by atoms with E-state index in [-0.39, 0.29) is 12.5 Å². The summed E-state index contributed by atoms with van der Waals surface area (Å²) in [7, 11) is 0. The Hall–Kier alpha value is -2.21. The molecule has 0 aliphatic carbocycles. The monoisotopic (exact) mass is 372 g/mol. The molecule has 2 N–H and O–H groups in total. The van der Waals surface area contributed by atoms with Gasteiger partial charge in [0.25, 0.3) is 5.91 Å². The number of amides is 1. The number of aliphatic hydroxyl groups is 1. The summed E-state index contributed by atoms with van der Waals surface area (Å²) in [6.07, 6.45) is 0. The van der Waals surface area contributed by atoms with Crippen LogP contribution in [-0.4, -0.2) is 22.6 Å². The van der Waals surface area contributed by atoms with Crippen molar-refractivity contribution in [3.05, 3.63) is 75.8 Å². The molecular formula is C19H17ClN2O2S. The number of carbonyl (C=O) groups is 1. The topological polar surface area (TPSA) is 62.2 Å². The molecule has 4 nitrogen and oxygen atoms in total. The minimum absolute atomic E-state index is 0.198. The first-order valence-corrected chi connectivity index (χ1v) is 8.98. The van der Waals surface area contributed by atoms with Crippen molar-refractivity contribution in [1.29, 1.82) is 0 Å². The van der Waals surface area contributed by atoms with Crippen molar-refractivity contribution in [3.8, 4) is 10.6 Å². The molecule has 0 saturated carbocycles. The Kier molecular flexibility index (Phi) is 5.48. The van der Waals surface area contributed by atoms with Crippen molar-refractivity contribution < 1.29 is 9.90 Å². The van der Waals surface area contributed by atoms with Gasteiger partial charge < -0.3 is 10.4 Å². The highest BCUT2D eigenvalue weighted by atomic mass is 35.5. The summed E-state index contributed by atoms with van der Waals surface area (Å²) in [5, 5.41) is 13.9. The summed E-state index contributed by atoms with van der Waals surface area (Å²) in [6, 6.07) is 16.3. The normalized spacial score (nSPS) is 12.0. The van der Waals surface area contributed by atoms with E-state index in [4.69, 9.17) is 11.6 Å². The lowest BCUT2D eigenvalue weighted by atomic mass is 10.1. The van der Waals surface area contributed by atoms with E-state index in [1.807, 2.05) is 37.3 Å². The Labute approximate surface area is 155 Å². The third-order valence-electron chi connectivity index (χ3n) is 3.78. The molecule has 0 spiro atoms. The first kappa shape index (κ1) is 17.6. The van der Waals surface area contributed by atoms with Crippen molar-refractivity contribution >= 4 is 28.8 Å². The van der Waals surface area contributed by atoms with Gasteiger partial charge in [-0.15, -0.1) is 11.3 Å². The molecule has 1 aromatic heterocycles. The molecule has 128 valence electrons. The molecule has 1 atom stereocenters. The molecule has 0 aliphatic heterocycles. The lowest BCUT2D eigenvalue weighted by molar-refractivity contribution is 0.0919. The number of benzene rings is 2. The van der Waals surface area contributed by atoms with Crippen LogP contribution in [0.1, 0.15) is 27.0 Å². The zero-order chi connectivity index (χ0) is 17.8. The first-order valence-electron chi connectivity index (χ1n) is 7.78. The molecule has 0 fully saturated rings. The standard InChI is InChI=1S/C19H17ClN2O2S/c1-12-17(25-19(21-12)14-5-3-2-4-6-14)18(24)22-16(11-23)13-7-9-15(20)10-8-13/h2-10,16,23H,11H2,1H3,(H,22,24)/t16-/m1/s1. The third kappa shape index (κ3) is 4.07. The van der Waals surface area contributed by atoms with Crippen LogP contribution in [0.15, 0.2) is 54.6 Å². The third-order valence-corrected chi connectivity index (χ3v) is 5.24. The summed E-state index contributed by atoms with van der Waals surface area (Å²) in [6.45, 7) is 1.62. The number of aliphatic hydroxyl groups excluding tert-OH is 1. The fraction of sp³-hybridized carbons (Fsp3) is 0.158. The fourth-order valence-corrected chi connectivity index (χ4v) is 3.57. The zero-order valence-corrected chi connectivity index (χ0v) is 15.1. The zero-order valence-electron chi connectivity index (χ0n) is 13.6. The Morgan fingerprint density at radius 2 is 1.88 bits per heavy atom. The summed E-state index contributed by atoms with van der Waals surface area (Å²) in [4.78, 5) is 17.7. The lowest BCUT2D eigenvalue weighted by Crippen LogP contribution is -2.30. The fourth-order valence-electron chi connectivity index (χ4n) is 2.46. The molecule has 3 rings (SSSR count). The van der Waals surface area contributed by atoms with E-state index >= 15 is 0 Å². The maximum Gasteiger partial charge on any atom is 0.263 e. The second-order valence-electron chi connectivity index (χ2n) is 5.56. The highest BCUT2D eigenvalue weighted by Gasteiger charge is 2.20. The van der Waals surface area contributed by atoms with E-state index in [0.29, 0.717) is 15.6 Å². The number of nitrogens with one attached hydrogen (secondary N) is 1. The largest absolute Gasteiger partial charge is 0.394 e. The average molecular weight is 373 g/mol. The Bertz CT molecular complexity index is 863. The summed E-state index contributed by atoms with van der Waals surface area (Å²) < 4.78 is 0.